The van der Waals surface area contributed by atoms with Crippen LogP contribution in [-0.4, -0.2) is 33.7 Å². The molecule has 0 aromatic carbocycles. The third-order valence-corrected chi connectivity index (χ3v) is 1.51. The molecule has 0 bridgehead atoms. The summed E-state index contributed by atoms with van der Waals surface area (Å²) < 4.78 is 1.65. The Bertz CT molecular complexity index is 357. The number of aryl methyl sites for hydroxylation is 2. The van der Waals surface area contributed by atoms with E-state index < -0.39 is 12.6 Å². The average molecular weight is 197 g/mol. The summed E-state index contributed by atoms with van der Waals surface area (Å²) in [6, 6.07) is 0. The Balaban J connectivity index is 2.51. The maximum absolute atomic E-state index is 10.1. The molecule has 1 rings (SSSR count). The molecule has 0 fully saturated rings. The molecule has 0 aliphatic rings. The van der Waals surface area contributed by atoms with Crippen molar-refractivity contribution in [1.82, 2.24) is 9.78 Å². The number of aromatic nitrogens is 2. The molecule has 0 saturated heterocycles. The zero-order valence-corrected chi connectivity index (χ0v) is 7.97. The van der Waals surface area contributed by atoms with Crippen molar-refractivity contribution in [3.63, 3.8) is 0 Å². The Kier molecular flexibility index (Phi) is 3.22. The first-order chi connectivity index (χ1) is 6.59. The molecule has 14 heavy (non-hydrogen) atoms. The molecular weight excluding hydrogens is 186 g/mol. The fourth-order valence-corrected chi connectivity index (χ4v) is 0.931. The summed E-state index contributed by atoms with van der Waals surface area (Å²) in [4.78, 5) is 14.6. The van der Waals surface area contributed by atoms with Crippen LogP contribution in [0.5, 0.6) is 0 Å². The van der Waals surface area contributed by atoms with Gasteiger partial charge in [-0.15, -0.1) is 0 Å². The molecule has 0 unspecified atom stereocenters. The maximum Gasteiger partial charge on any atom is 0.344 e. The van der Waals surface area contributed by atoms with Gasteiger partial charge in [-0.1, -0.05) is 5.16 Å². The van der Waals surface area contributed by atoms with E-state index in [-0.39, 0.29) is 0 Å². The third kappa shape index (κ3) is 2.89. The molecule has 6 nitrogen and oxygen atoms in total. The molecular formula is C8H11N3O3. The van der Waals surface area contributed by atoms with E-state index in [1.165, 1.54) is 6.21 Å². The minimum absolute atomic E-state index is 0.435. The lowest BCUT2D eigenvalue weighted by molar-refractivity contribution is -0.142. The third-order valence-electron chi connectivity index (χ3n) is 1.51. The number of rotatable bonds is 4. The van der Waals surface area contributed by atoms with E-state index in [1.54, 1.807) is 17.9 Å². The minimum atomic E-state index is -1.05. The Morgan fingerprint density at radius 2 is 2.57 bits per heavy atom. The van der Waals surface area contributed by atoms with Crippen molar-refractivity contribution in [2.24, 2.45) is 12.2 Å². The number of carboxylic acid groups (broad SMARTS) is 1. The first-order valence-corrected chi connectivity index (χ1v) is 3.97. The molecule has 1 aromatic heterocycles. The van der Waals surface area contributed by atoms with Crippen molar-refractivity contribution in [2.75, 3.05) is 6.61 Å². The predicted molar refractivity (Wildman–Crippen MR) is 49.1 cm³/mol. The molecule has 76 valence electrons. The van der Waals surface area contributed by atoms with Gasteiger partial charge in [-0.2, -0.15) is 5.10 Å². The smallest absolute Gasteiger partial charge is 0.344 e. The zero-order valence-electron chi connectivity index (χ0n) is 7.97. The van der Waals surface area contributed by atoms with Gasteiger partial charge >= 0.3 is 5.97 Å². The largest absolute Gasteiger partial charge is 0.479 e. The number of hydrogen-bond donors (Lipinski definition) is 1. The quantitative estimate of drug-likeness (QED) is 0.551. The molecule has 0 amide bonds. The monoisotopic (exact) mass is 197 g/mol. The Morgan fingerprint density at radius 3 is 3.07 bits per heavy atom. The summed E-state index contributed by atoms with van der Waals surface area (Å²) in [7, 11) is 1.79. The molecule has 0 atom stereocenters. The lowest BCUT2D eigenvalue weighted by Crippen LogP contribution is -2.03. The highest BCUT2D eigenvalue weighted by Gasteiger charge is 1.99. The highest BCUT2D eigenvalue weighted by Crippen LogP contribution is 2.00. The van der Waals surface area contributed by atoms with Gasteiger partial charge in [0.05, 0.1) is 11.9 Å². The van der Waals surface area contributed by atoms with Crippen molar-refractivity contribution >= 4 is 12.2 Å². The van der Waals surface area contributed by atoms with Gasteiger partial charge in [-0.3, -0.25) is 4.68 Å². The highest BCUT2D eigenvalue weighted by atomic mass is 16.6. The number of oxime groups is 1. The lowest BCUT2D eigenvalue weighted by Gasteiger charge is -1.91. The van der Waals surface area contributed by atoms with Crippen LogP contribution >= 0.6 is 0 Å². The van der Waals surface area contributed by atoms with Crippen LogP contribution in [0.1, 0.15) is 11.3 Å². The molecule has 0 aliphatic heterocycles. The summed E-state index contributed by atoms with van der Waals surface area (Å²) in [6.07, 6.45) is 3.20. The second-order valence-electron chi connectivity index (χ2n) is 2.75. The van der Waals surface area contributed by atoms with Gasteiger partial charge in [0.15, 0.2) is 0 Å². The summed E-state index contributed by atoms with van der Waals surface area (Å²) in [6.45, 7) is 1.40. The summed E-state index contributed by atoms with van der Waals surface area (Å²) in [5, 5.41) is 15.8. The topological polar surface area (TPSA) is 76.7 Å². The first-order valence-electron chi connectivity index (χ1n) is 3.97. The van der Waals surface area contributed by atoms with E-state index in [1.807, 2.05) is 6.92 Å². The van der Waals surface area contributed by atoms with E-state index in [0.717, 1.165) is 11.3 Å². The van der Waals surface area contributed by atoms with Crippen molar-refractivity contribution < 1.29 is 14.7 Å². The molecule has 0 radical (unpaired) electrons. The fourth-order valence-electron chi connectivity index (χ4n) is 0.931. The van der Waals surface area contributed by atoms with Gasteiger partial charge in [0, 0.05) is 18.8 Å². The highest BCUT2D eigenvalue weighted by molar-refractivity contribution is 5.80. The lowest BCUT2D eigenvalue weighted by atomic mass is 10.3. The van der Waals surface area contributed by atoms with E-state index in [2.05, 4.69) is 15.1 Å². The van der Waals surface area contributed by atoms with Crippen LogP contribution in [0.3, 0.4) is 0 Å². The van der Waals surface area contributed by atoms with Crippen LogP contribution in [-0.2, 0) is 16.7 Å². The average Bonchev–Trinajstić information content (AvgIpc) is 2.39. The molecule has 0 aliphatic carbocycles. The second-order valence-corrected chi connectivity index (χ2v) is 2.75. The van der Waals surface area contributed by atoms with Gasteiger partial charge in [0.25, 0.3) is 0 Å². The first kappa shape index (κ1) is 10.2. The minimum Gasteiger partial charge on any atom is -0.479 e. The zero-order chi connectivity index (χ0) is 10.6. The van der Waals surface area contributed by atoms with Crippen molar-refractivity contribution in [3.05, 3.63) is 17.5 Å². The molecule has 0 spiro atoms. The van der Waals surface area contributed by atoms with Gasteiger partial charge in [0.2, 0.25) is 6.61 Å². The van der Waals surface area contributed by atoms with Gasteiger partial charge < -0.3 is 9.94 Å². The molecule has 6 heteroatoms. The van der Waals surface area contributed by atoms with Crippen LogP contribution in [0.2, 0.25) is 0 Å². The second kappa shape index (κ2) is 4.40. The normalized spacial score (nSPS) is 10.7. The SMILES string of the molecule is Cc1nn(C)cc1/C=N/OCC(=O)O. The standard InChI is InChI=1S/C8H11N3O3/c1-6-7(4-11(2)10-6)3-9-14-5-8(12)13/h3-4H,5H2,1-2H3,(H,12,13)/b9-3+. The van der Waals surface area contributed by atoms with E-state index >= 15 is 0 Å². The summed E-state index contributed by atoms with van der Waals surface area (Å²) in [5.41, 5.74) is 1.62. The van der Waals surface area contributed by atoms with Gasteiger partial charge in [0.1, 0.15) is 0 Å². The van der Waals surface area contributed by atoms with Crippen molar-refractivity contribution in [3.8, 4) is 0 Å². The van der Waals surface area contributed by atoms with Gasteiger partial charge in [-0.05, 0) is 6.92 Å². The molecule has 0 saturated carbocycles. The number of carboxylic acids is 1. The number of hydrogen-bond acceptors (Lipinski definition) is 4. The van der Waals surface area contributed by atoms with Crippen molar-refractivity contribution in [1.29, 1.82) is 0 Å². The number of carbonyl (C=O) groups is 1. The Morgan fingerprint density at radius 1 is 1.86 bits per heavy atom. The van der Waals surface area contributed by atoms with Crippen LogP contribution in [0.15, 0.2) is 11.4 Å². The van der Waals surface area contributed by atoms with Crippen LogP contribution in [0.25, 0.3) is 0 Å². The number of aliphatic carboxylic acids is 1. The van der Waals surface area contributed by atoms with Crippen molar-refractivity contribution in [2.45, 2.75) is 6.92 Å². The van der Waals surface area contributed by atoms with Crippen LogP contribution in [0.4, 0.5) is 0 Å². The Hall–Kier alpha value is -1.85. The summed E-state index contributed by atoms with van der Waals surface area (Å²) in [5.74, 6) is -1.05. The summed E-state index contributed by atoms with van der Waals surface area (Å²) >= 11 is 0. The van der Waals surface area contributed by atoms with Gasteiger partial charge in [-0.25, -0.2) is 4.79 Å². The molecule has 1 heterocycles. The fraction of sp³-hybridized carbons (Fsp3) is 0.375. The van der Waals surface area contributed by atoms with E-state index in [4.69, 9.17) is 5.11 Å². The van der Waals surface area contributed by atoms with E-state index in [0.29, 0.717) is 0 Å². The van der Waals surface area contributed by atoms with E-state index in [9.17, 15) is 4.79 Å². The van der Waals surface area contributed by atoms with Crippen LogP contribution in [0, 0.1) is 6.92 Å². The maximum atomic E-state index is 10.1. The number of nitrogens with zero attached hydrogens (tertiary/aromatic N) is 3. The molecule has 1 N–H and O–H groups in total. The predicted octanol–water partition coefficient (Wildman–Crippen LogP) is 0.164. The Labute approximate surface area is 80.8 Å². The van der Waals surface area contributed by atoms with Crippen LogP contribution < -0.4 is 0 Å². The molecule has 1 aromatic rings.